The Morgan fingerprint density at radius 2 is 2.54 bits per heavy atom. The second-order valence-electron chi connectivity index (χ2n) is 3.31. The first-order valence-electron chi connectivity index (χ1n) is 4.59. The maximum atomic E-state index is 4.34. The Labute approximate surface area is 77.7 Å². The zero-order valence-electron chi connectivity index (χ0n) is 7.82. The summed E-state index contributed by atoms with van der Waals surface area (Å²) in [6.45, 7) is 1.82. The van der Waals surface area contributed by atoms with Gasteiger partial charge >= 0.3 is 0 Å². The van der Waals surface area contributed by atoms with E-state index in [9.17, 15) is 0 Å². The Morgan fingerprint density at radius 3 is 3.15 bits per heavy atom. The minimum absolute atomic E-state index is 0.840. The van der Waals surface area contributed by atoms with Gasteiger partial charge in [0.05, 0.1) is 12.0 Å². The Bertz CT molecular complexity index is 313. The zero-order chi connectivity index (χ0) is 9.10. The number of aromatic nitrogens is 2. The fraction of sp³-hybridized carbons (Fsp3) is 0.556. The van der Waals surface area contributed by atoms with Crippen molar-refractivity contribution in [2.24, 2.45) is 12.0 Å². The first kappa shape index (κ1) is 8.29. The number of rotatable bonds is 2. The van der Waals surface area contributed by atoms with Crippen molar-refractivity contribution < 1.29 is 0 Å². The molecule has 1 aromatic rings. The average Bonchev–Trinajstić information content (AvgIpc) is 2.71. The number of nitrogens with zero attached hydrogens (tertiary/aromatic N) is 3. The fourth-order valence-corrected chi connectivity index (χ4v) is 1.45. The highest BCUT2D eigenvalue weighted by molar-refractivity contribution is 5.83. The van der Waals surface area contributed by atoms with Crippen LogP contribution in [0, 0.1) is 0 Å². The summed E-state index contributed by atoms with van der Waals surface area (Å²) in [6, 6.07) is 0. The van der Waals surface area contributed by atoms with Crippen molar-refractivity contribution in [3.63, 3.8) is 0 Å². The van der Waals surface area contributed by atoms with E-state index in [1.165, 1.54) is 12.0 Å². The van der Waals surface area contributed by atoms with Crippen LogP contribution in [0.5, 0.6) is 0 Å². The minimum Gasteiger partial charge on any atom is -0.370 e. The molecule has 0 bridgehead atoms. The lowest BCUT2D eigenvalue weighted by Crippen LogP contribution is -2.20. The smallest absolute Gasteiger partial charge is 0.0966 e. The van der Waals surface area contributed by atoms with Gasteiger partial charge in [0.15, 0.2) is 0 Å². The van der Waals surface area contributed by atoms with Crippen molar-refractivity contribution in [1.82, 2.24) is 15.1 Å². The molecule has 1 aliphatic rings. The quantitative estimate of drug-likeness (QED) is 0.724. The van der Waals surface area contributed by atoms with Gasteiger partial charge in [0.1, 0.15) is 0 Å². The summed E-state index contributed by atoms with van der Waals surface area (Å²) in [5.41, 5.74) is 1.21. The molecule has 0 aromatic carbocycles. The zero-order valence-corrected chi connectivity index (χ0v) is 7.82. The molecule has 2 rings (SSSR count). The van der Waals surface area contributed by atoms with Gasteiger partial charge in [0, 0.05) is 38.3 Å². The molecule has 1 aromatic heterocycles. The number of aryl methyl sites for hydroxylation is 1. The average molecular weight is 178 g/mol. The maximum absolute atomic E-state index is 4.34. The summed E-state index contributed by atoms with van der Waals surface area (Å²) in [7, 11) is 1.93. The number of aliphatic imine (C=N–C) groups is 1. The summed E-state index contributed by atoms with van der Waals surface area (Å²) in [5.74, 6) is 1.14. The molecule has 0 unspecified atom stereocenters. The van der Waals surface area contributed by atoms with Crippen LogP contribution in [0.2, 0.25) is 0 Å². The summed E-state index contributed by atoms with van der Waals surface area (Å²) in [5, 5.41) is 7.41. The van der Waals surface area contributed by atoms with Gasteiger partial charge in [-0.25, -0.2) is 0 Å². The van der Waals surface area contributed by atoms with E-state index in [1.807, 2.05) is 24.1 Å². The van der Waals surface area contributed by atoms with Crippen molar-refractivity contribution in [1.29, 1.82) is 0 Å². The van der Waals surface area contributed by atoms with Crippen LogP contribution in [0.25, 0.3) is 0 Å². The lowest BCUT2D eigenvalue weighted by atomic mass is 10.3. The van der Waals surface area contributed by atoms with Crippen LogP contribution < -0.4 is 5.32 Å². The Hall–Kier alpha value is -1.32. The van der Waals surface area contributed by atoms with Gasteiger partial charge in [-0.2, -0.15) is 5.10 Å². The Morgan fingerprint density at radius 1 is 1.62 bits per heavy atom. The standard InChI is InChI=1S/C9H14N4/c1-13-7-8(6-12-13)5-11-9-3-2-4-10-9/h6-7H,2-5H2,1H3,(H,10,11). The number of hydrogen-bond donors (Lipinski definition) is 1. The van der Waals surface area contributed by atoms with Crippen LogP contribution in [0.1, 0.15) is 18.4 Å². The molecule has 1 N–H and O–H groups in total. The van der Waals surface area contributed by atoms with E-state index in [2.05, 4.69) is 15.4 Å². The van der Waals surface area contributed by atoms with Crippen LogP contribution in [0.3, 0.4) is 0 Å². The molecule has 0 saturated heterocycles. The summed E-state index contributed by atoms with van der Waals surface area (Å²) >= 11 is 0. The third kappa shape index (κ3) is 2.08. The van der Waals surface area contributed by atoms with Crippen molar-refractivity contribution in [2.45, 2.75) is 19.4 Å². The molecule has 0 saturated carbocycles. The summed E-state index contributed by atoms with van der Waals surface area (Å²) in [4.78, 5) is 4.34. The van der Waals surface area contributed by atoms with E-state index in [0.29, 0.717) is 0 Å². The fourth-order valence-electron chi connectivity index (χ4n) is 1.45. The number of hydrogen-bond acceptors (Lipinski definition) is 3. The van der Waals surface area contributed by atoms with E-state index >= 15 is 0 Å². The third-order valence-corrected chi connectivity index (χ3v) is 2.13. The molecule has 0 spiro atoms. The topological polar surface area (TPSA) is 42.2 Å². The largest absolute Gasteiger partial charge is 0.370 e. The van der Waals surface area contributed by atoms with E-state index in [4.69, 9.17) is 0 Å². The predicted molar refractivity (Wildman–Crippen MR) is 51.6 cm³/mol. The lowest BCUT2D eigenvalue weighted by molar-refractivity contribution is 0.766. The van der Waals surface area contributed by atoms with Crippen LogP contribution in [-0.2, 0) is 13.6 Å². The van der Waals surface area contributed by atoms with Gasteiger partial charge in [0.25, 0.3) is 0 Å². The number of amidine groups is 1. The molecule has 4 heteroatoms. The molecule has 0 radical (unpaired) electrons. The highest BCUT2D eigenvalue weighted by atomic mass is 15.2. The molecule has 13 heavy (non-hydrogen) atoms. The SMILES string of the molecule is Cn1cc(CNC2=NCCC2)cn1. The molecule has 2 heterocycles. The normalized spacial score (nSPS) is 15.9. The second kappa shape index (κ2) is 3.60. The first-order valence-corrected chi connectivity index (χ1v) is 4.59. The Kier molecular flexibility index (Phi) is 2.29. The lowest BCUT2D eigenvalue weighted by Gasteiger charge is -2.02. The second-order valence-corrected chi connectivity index (χ2v) is 3.31. The van der Waals surface area contributed by atoms with Crippen molar-refractivity contribution in [3.8, 4) is 0 Å². The van der Waals surface area contributed by atoms with Crippen LogP contribution in [0.4, 0.5) is 0 Å². The molecule has 0 aliphatic carbocycles. The van der Waals surface area contributed by atoms with Gasteiger partial charge in [0.2, 0.25) is 0 Å². The monoisotopic (exact) mass is 178 g/mol. The molecular formula is C9H14N4. The van der Waals surface area contributed by atoms with Crippen LogP contribution >= 0.6 is 0 Å². The van der Waals surface area contributed by atoms with E-state index < -0.39 is 0 Å². The summed E-state index contributed by atoms with van der Waals surface area (Å²) < 4.78 is 1.81. The van der Waals surface area contributed by atoms with Crippen LogP contribution in [0.15, 0.2) is 17.4 Å². The first-order chi connectivity index (χ1) is 6.34. The van der Waals surface area contributed by atoms with E-state index in [0.717, 1.165) is 25.3 Å². The van der Waals surface area contributed by atoms with Gasteiger partial charge in [-0.3, -0.25) is 9.67 Å². The maximum Gasteiger partial charge on any atom is 0.0966 e. The van der Waals surface area contributed by atoms with Gasteiger partial charge < -0.3 is 5.32 Å². The van der Waals surface area contributed by atoms with Gasteiger partial charge in [-0.05, 0) is 6.42 Å². The van der Waals surface area contributed by atoms with Crippen LogP contribution in [-0.4, -0.2) is 22.2 Å². The predicted octanol–water partition coefficient (Wildman–Crippen LogP) is 0.702. The van der Waals surface area contributed by atoms with Gasteiger partial charge in [-0.1, -0.05) is 0 Å². The molecule has 1 aliphatic heterocycles. The summed E-state index contributed by atoms with van der Waals surface area (Å²) in [6.07, 6.45) is 6.18. The molecule has 70 valence electrons. The highest BCUT2D eigenvalue weighted by Crippen LogP contribution is 2.02. The third-order valence-electron chi connectivity index (χ3n) is 2.13. The van der Waals surface area contributed by atoms with E-state index in [-0.39, 0.29) is 0 Å². The minimum atomic E-state index is 0.840. The molecular weight excluding hydrogens is 164 g/mol. The van der Waals surface area contributed by atoms with Crippen molar-refractivity contribution >= 4 is 5.84 Å². The van der Waals surface area contributed by atoms with Crippen molar-refractivity contribution in [2.75, 3.05) is 6.54 Å². The Balaban J connectivity index is 1.85. The molecule has 0 atom stereocenters. The van der Waals surface area contributed by atoms with Crippen molar-refractivity contribution in [3.05, 3.63) is 18.0 Å². The molecule has 0 fully saturated rings. The highest BCUT2D eigenvalue weighted by Gasteiger charge is 2.05. The number of nitrogens with one attached hydrogen (secondary N) is 1. The van der Waals surface area contributed by atoms with Gasteiger partial charge in [-0.15, -0.1) is 0 Å². The van der Waals surface area contributed by atoms with E-state index in [1.54, 1.807) is 0 Å². The molecule has 4 nitrogen and oxygen atoms in total. The molecule has 0 amide bonds.